The number of nitrogens with one attached hydrogen (secondary N) is 2. The minimum Gasteiger partial charge on any atom is -0.494 e. The molecule has 3 rings (SSSR count). The van der Waals surface area contributed by atoms with Gasteiger partial charge in [-0.25, -0.2) is 4.79 Å². The molecule has 0 unspecified atom stereocenters. The van der Waals surface area contributed by atoms with Gasteiger partial charge in [-0.15, -0.1) is 0 Å². The Kier molecular flexibility index (Phi) is 6.96. The number of aromatic nitrogens is 1. The summed E-state index contributed by atoms with van der Waals surface area (Å²) in [5.41, 5.74) is 1.56. The summed E-state index contributed by atoms with van der Waals surface area (Å²) in [7, 11) is 0. The molecule has 1 amide bonds. The first kappa shape index (κ1) is 21.4. The first-order valence-electron chi connectivity index (χ1n) is 10.6. The van der Waals surface area contributed by atoms with Crippen molar-refractivity contribution in [2.24, 2.45) is 0 Å². The molecular formula is C23H33N3O3. The highest BCUT2D eigenvalue weighted by molar-refractivity contribution is 5.80. The van der Waals surface area contributed by atoms with E-state index >= 15 is 0 Å². The number of rotatable bonds is 6. The van der Waals surface area contributed by atoms with Crippen LogP contribution < -0.4 is 15.4 Å². The van der Waals surface area contributed by atoms with Crippen LogP contribution in [-0.2, 0) is 11.3 Å². The molecule has 0 saturated heterocycles. The summed E-state index contributed by atoms with van der Waals surface area (Å²) < 4.78 is 10.9. The lowest BCUT2D eigenvalue weighted by Crippen LogP contribution is -2.43. The van der Waals surface area contributed by atoms with Crippen LogP contribution in [0.25, 0.3) is 10.9 Å². The van der Waals surface area contributed by atoms with Gasteiger partial charge < -0.3 is 20.1 Å². The maximum atomic E-state index is 11.9. The van der Waals surface area contributed by atoms with E-state index in [1.165, 1.54) is 0 Å². The van der Waals surface area contributed by atoms with Crippen LogP contribution in [0.2, 0.25) is 0 Å². The largest absolute Gasteiger partial charge is 0.494 e. The second-order valence-corrected chi connectivity index (χ2v) is 8.67. The van der Waals surface area contributed by atoms with Crippen molar-refractivity contribution < 1.29 is 14.3 Å². The third-order valence-electron chi connectivity index (χ3n) is 5.05. The molecule has 2 aromatic rings. The molecule has 0 radical (unpaired) electrons. The molecule has 6 nitrogen and oxygen atoms in total. The monoisotopic (exact) mass is 399 g/mol. The fourth-order valence-corrected chi connectivity index (χ4v) is 3.67. The summed E-state index contributed by atoms with van der Waals surface area (Å²) in [6.45, 7) is 9.04. The molecule has 0 spiro atoms. The molecule has 6 heteroatoms. The van der Waals surface area contributed by atoms with Gasteiger partial charge in [0.25, 0.3) is 0 Å². The quantitative estimate of drug-likeness (QED) is 0.745. The molecule has 158 valence electrons. The molecule has 0 atom stereocenters. The number of carbonyl (C=O) groups excluding carboxylic acids is 1. The fraction of sp³-hybridized carbons (Fsp3) is 0.565. The van der Waals surface area contributed by atoms with Gasteiger partial charge in [0.05, 0.1) is 17.8 Å². The minimum absolute atomic E-state index is 0.196. The average molecular weight is 400 g/mol. The highest BCUT2D eigenvalue weighted by Gasteiger charge is 2.24. The number of fused-ring (bicyclic) bond motifs is 1. The van der Waals surface area contributed by atoms with Gasteiger partial charge in [-0.3, -0.25) is 4.98 Å². The summed E-state index contributed by atoms with van der Waals surface area (Å²) in [6.07, 6.45) is 3.67. The number of carbonyl (C=O) groups is 1. The van der Waals surface area contributed by atoms with Crippen LogP contribution in [0.15, 0.2) is 30.3 Å². The molecule has 1 heterocycles. The molecular weight excluding hydrogens is 366 g/mol. The van der Waals surface area contributed by atoms with E-state index in [1.807, 2.05) is 45.9 Å². The van der Waals surface area contributed by atoms with Crippen LogP contribution in [0.5, 0.6) is 5.75 Å². The van der Waals surface area contributed by atoms with E-state index in [0.29, 0.717) is 12.6 Å². The SMILES string of the molecule is CCOc1ccc2nc(CNC3CCC(NC(=O)OC(C)(C)C)CC3)ccc2c1. The topological polar surface area (TPSA) is 72.5 Å². The average Bonchev–Trinajstić information content (AvgIpc) is 2.66. The van der Waals surface area contributed by atoms with Crippen LogP contribution >= 0.6 is 0 Å². The van der Waals surface area contributed by atoms with Gasteiger partial charge in [0.1, 0.15) is 11.4 Å². The highest BCUT2D eigenvalue weighted by atomic mass is 16.6. The third-order valence-corrected chi connectivity index (χ3v) is 5.05. The molecule has 1 aliphatic carbocycles. The number of alkyl carbamates (subject to hydrolysis) is 1. The van der Waals surface area contributed by atoms with Crippen molar-refractivity contribution in [1.29, 1.82) is 0 Å². The zero-order valence-electron chi connectivity index (χ0n) is 18.0. The number of amides is 1. The van der Waals surface area contributed by atoms with Crippen molar-refractivity contribution in [3.8, 4) is 5.75 Å². The van der Waals surface area contributed by atoms with E-state index in [-0.39, 0.29) is 12.1 Å². The number of nitrogens with zero attached hydrogens (tertiary/aromatic N) is 1. The Labute approximate surface area is 173 Å². The lowest BCUT2D eigenvalue weighted by atomic mass is 9.91. The molecule has 1 aliphatic rings. The van der Waals surface area contributed by atoms with Crippen molar-refractivity contribution in [2.75, 3.05) is 6.61 Å². The summed E-state index contributed by atoms with van der Waals surface area (Å²) in [4.78, 5) is 16.7. The summed E-state index contributed by atoms with van der Waals surface area (Å²) in [5, 5.41) is 7.70. The number of hydrogen-bond acceptors (Lipinski definition) is 5. The highest BCUT2D eigenvalue weighted by Crippen LogP contribution is 2.22. The first-order valence-corrected chi connectivity index (χ1v) is 10.6. The van der Waals surface area contributed by atoms with Gasteiger partial charge >= 0.3 is 6.09 Å². The predicted molar refractivity (Wildman–Crippen MR) is 115 cm³/mol. The zero-order valence-corrected chi connectivity index (χ0v) is 18.0. The maximum absolute atomic E-state index is 11.9. The molecule has 0 bridgehead atoms. The van der Waals surface area contributed by atoms with Gasteiger partial charge in [-0.2, -0.15) is 0 Å². The fourth-order valence-electron chi connectivity index (χ4n) is 3.67. The second kappa shape index (κ2) is 9.44. The Balaban J connectivity index is 1.45. The molecule has 29 heavy (non-hydrogen) atoms. The van der Waals surface area contributed by atoms with Gasteiger partial charge in [0, 0.05) is 24.0 Å². The van der Waals surface area contributed by atoms with E-state index < -0.39 is 5.60 Å². The van der Waals surface area contributed by atoms with E-state index in [2.05, 4.69) is 22.8 Å². The van der Waals surface area contributed by atoms with E-state index in [9.17, 15) is 4.79 Å². The van der Waals surface area contributed by atoms with Crippen LogP contribution in [0.3, 0.4) is 0 Å². The van der Waals surface area contributed by atoms with Crippen LogP contribution in [0, 0.1) is 0 Å². The van der Waals surface area contributed by atoms with Gasteiger partial charge in [-0.1, -0.05) is 6.07 Å². The van der Waals surface area contributed by atoms with Crippen LogP contribution in [0.1, 0.15) is 59.1 Å². The van der Waals surface area contributed by atoms with E-state index in [0.717, 1.165) is 54.6 Å². The Morgan fingerprint density at radius 2 is 1.83 bits per heavy atom. The van der Waals surface area contributed by atoms with Gasteiger partial charge in [0.15, 0.2) is 0 Å². The van der Waals surface area contributed by atoms with E-state index in [4.69, 9.17) is 14.5 Å². The smallest absolute Gasteiger partial charge is 0.407 e. The Morgan fingerprint density at radius 1 is 1.10 bits per heavy atom. The van der Waals surface area contributed by atoms with Crippen molar-refractivity contribution in [3.63, 3.8) is 0 Å². The third kappa shape index (κ3) is 6.60. The van der Waals surface area contributed by atoms with Crippen molar-refractivity contribution in [1.82, 2.24) is 15.6 Å². The number of hydrogen-bond donors (Lipinski definition) is 2. The lowest BCUT2D eigenvalue weighted by Gasteiger charge is -2.30. The predicted octanol–water partition coefficient (Wildman–Crippen LogP) is 4.56. The molecule has 1 fully saturated rings. The maximum Gasteiger partial charge on any atom is 0.407 e. The number of benzene rings is 1. The second-order valence-electron chi connectivity index (χ2n) is 8.67. The Morgan fingerprint density at radius 3 is 2.52 bits per heavy atom. The van der Waals surface area contributed by atoms with Gasteiger partial charge in [0.2, 0.25) is 0 Å². The number of pyridine rings is 1. The first-order chi connectivity index (χ1) is 13.8. The molecule has 1 aromatic heterocycles. The Hall–Kier alpha value is -2.34. The molecule has 0 aliphatic heterocycles. The van der Waals surface area contributed by atoms with Crippen molar-refractivity contribution in [2.45, 2.75) is 77.6 Å². The summed E-state index contributed by atoms with van der Waals surface area (Å²) in [5.74, 6) is 0.879. The molecule has 1 saturated carbocycles. The van der Waals surface area contributed by atoms with Crippen molar-refractivity contribution >= 4 is 17.0 Å². The summed E-state index contributed by atoms with van der Waals surface area (Å²) >= 11 is 0. The summed E-state index contributed by atoms with van der Waals surface area (Å²) in [6, 6.07) is 10.8. The van der Waals surface area contributed by atoms with Gasteiger partial charge in [-0.05, 0) is 77.6 Å². The number of ether oxygens (including phenoxy) is 2. The molecule has 1 aromatic carbocycles. The van der Waals surface area contributed by atoms with E-state index in [1.54, 1.807) is 0 Å². The normalized spacial score (nSPS) is 19.7. The molecule has 2 N–H and O–H groups in total. The van der Waals surface area contributed by atoms with Crippen LogP contribution in [0.4, 0.5) is 4.79 Å². The van der Waals surface area contributed by atoms with Crippen LogP contribution in [-0.4, -0.2) is 35.4 Å². The zero-order chi connectivity index (χ0) is 20.9. The van der Waals surface area contributed by atoms with Crippen molar-refractivity contribution in [3.05, 3.63) is 36.0 Å². The Bertz CT molecular complexity index is 824. The lowest BCUT2D eigenvalue weighted by molar-refractivity contribution is 0.0489. The standard InChI is InChI=1S/C23H33N3O3/c1-5-28-20-12-13-21-16(14-20)6-7-19(25-21)15-24-17-8-10-18(11-9-17)26-22(27)29-23(2,3)4/h6-7,12-14,17-18,24H,5,8-11,15H2,1-4H3,(H,26,27). The minimum atomic E-state index is -0.458.